The molecule has 0 amide bonds. The van der Waals surface area contributed by atoms with Gasteiger partial charge in [-0.15, -0.1) is 0 Å². The van der Waals surface area contributed by atoms with E-state index in [-0.39, 0.29) is 5.82 Å². The Kier molecular flexibility index (Phi) is 4.32. The molecule has 0 bridgehead atoms. The summed E-state index contributed by atoms with van der Waals surface area (Å²) in [6, 6.07) is 6.54. The van der Waals surface area contributed by atoms with Gasteiger partial charge >= 0.3 is 0 Å². The maximum Gasteiger partial charge on any atom is 0.137 e. The lowest BCUT2D eigenvalue weighted by Crippen LogP contribution is -2.19. The molecule has 3 nitrogen and oxygen atoms in total. The number of halogens is 2. The van der Waals surface area contributed by atoms with E-state index in [4.69, 9.17) is 11.6 Å². The fourth-order valence-corrected chi connectivity index (χ4v) is 2.26. The van der Waals surface area contributed by atoms with Crippen LogP contribution in [-0.4, -0.2) is 17.0 Å². The van der Waals surface area contributed by atoms with E-state index in [2.05, 4.69) is 9.97 Å². The van der Waals surface area contributed by atoms with Gasteiger partial charge < -0.3 is 4.90 Å². The van der Waals surface area contributed by atoms with Crippen molar-refractivity contribution >= 4 is 17.4 Å². The lowest BCUT2D eigenvalue weighted by Gasteiger charge is -2.21. The van der Waals surface area contributed by atoms with E-state index in [0.717, 1.165) is 23.4 Å². The van der Waals surface area contributed by atoms with Gasteiger partial charge in [-0.25, -0.2) is 14.4 Å². The van der Waals surface area contributed by atoms with E-state index in [1.54, 1.807) is 6.07 Å². The third-order valence-electron chi connectivity index (χ3n) is 2.89. The molecule has 0 unspecified atom stereocenters. The third kappa shape index (κ3) is 3.20. The van der Waals surface area contributed by atoms with Crippen LogP contribution in [0.4, 0.5) is 10.2 Å². The van der Waals surface area contributed by atoms with Crippen molar-refractivity contribution in [2.45, 2.75) is 19.9 Å². The number of nitrogens with zero attached hydrogens (tertiary/aromatic N) is 3. The Labute approximate surface area is 117 Å². The largest absolute Gasteiger partial charge is 0.355 e. The molecule has 0 N–H and O–H groups in total. The van der Waals surface area contributed by atoms with Crippen LogP contribution in [0.2, 0.25) is 5.15 Å². The number of rotatable bonds is 4. The lowest BCUT2D eigenvalue weighted by molar-refractivity contribution is 0.625. The first-order chi connectivity index (χ1) is 9.11. The van der Waals surface area contributed by atoms with E-state index < -0.39 is 0 Å². The highest BCUT2D eigenvalue weighted by molar-refractivity contribution is 6.30. The Morgan fingerprint density at radius 3 is 2.79 bits per heavy atom. The van der Waals surface area contributed by atoms with Crippen LogP contribution >= 0.6 is 11.6 Å². The van der Waals surface area contributed by atoms with E-state index in [9.17, 15) is 4.39 Å². The zero-order chi connectivity index (χ0) is 13.8. The van der Waals surface area contributed by atoms with Gasteiger partial charge in [0.2, 0.25) is 0 Å². The topological polar surface area (TPSA) is 29.0 Å². The zero-order valence-electron chi connectivity index (χ0n) is 10.9. The molecule has 19 heavy (non-hydrogen) atoms. The summed E-state index contributed by atoms with van der Waals surface area (Å²) in [6.45, 7) is 2.57. The summed E-state index contributed by atoms with van der Waals surface area (Å²) in [5.74, 6) is 0.550. The Balaban J connectivity index is 2.25. The molecule has 5 heteroatoms. The first kappa shape index (κ1) is 13.7. The Morgan fingerprint density at radius 1 is 1.32 bits per heavy atom. The van der Waals surface area contributed by atoms with Gasteiger partial charge in [0, 0.05) is 19.2 Å². The van der Waals surface area contributed by atoms with Crippen LogP contribution in [0.25, 0.3) is 0 Å². The number of aromatic nitrogens is 2. The van der Waals surface area contributed by atoms with Crippen molar-refractivity contribution < 1.29 is 4.39 Å². The van der Waals surface area contributed by atoms with Crippen LogP contribution in [0.15, 0.2) is 30.6 Å². The first-order valence-electron chi connectivity index (χ1n) is 6.06. The molecule has 0 spiro atoms. The van der Waals surface area contributed by atoms with Gasteiger partial charge in [0.05, 0.1) is 0 Å². The van der Waals surface area contributed by atoms with Gasteiger partial charge in [-0.2, -0.15) is 0 Å². The minimum Gasteiger partial charge on any atom is -0.355 e. The monoisotopic (exact) mass is 279 g/mol. The average Bonchev–Trinajstić information content (AvgIpc) is 2.38. The van der Waals surface area contributed by atoms with Crippen LogP contribution in [0.5, 0.6) is 0 Å². The number of hydrogen-bond donors (Lipinski definition) is 0. The molecule has 0 radical (unpaired) electrons. The van der Waals surface area contributed by atoms with Gasteiger partial charge in [-0.3, -0.25) is 0 Å². The van der Waals surface area contributed by atoms with Crippen LogP contribution in [0, 0.1) is 5.82 Å². The summed E-state index contributed by atoms with van der Waals surface area (Å²) < 4.78 is 13.2. The van der Waals surface area contributed by atoms with E-state index in [0.29, 0.717) is 11.7 Å². The normalized spacial score (nSPS) is 10.5. The fourth-order valence-electron chi connectivity index (χ4n) is 2.00. The van der Waals surface area contributed by atoms with Crippen molar-refractivity contribution in [1.82, 2.24) is 9.97 Å². The molecule has 0 saturated carbocycles. The van der Waals surface area contributed by atoms with Crippen molar-refractivity contribution in [3.05, 3.63) is 52.7 Å². The van der Waals surface area contributed by atoms with Crippen LogP contribution in [-0.2, 0) is 13.0 Å². The van der Waals surface area contributed by atoms with Crippen LogP contribution in [0.3, 0.4) is 0 Å². The van der Waals surface area contributed by atoms with Gasteiger partial charge in [0.15, 0.2) is 0 Å². The Morgan fingerprint density at radius 2 is 2.11 bits per heavy atom. The highest BCUT2D eigenvalue weighted by atomic mass is 35.5. The average molecular weight is 280 g/mol. The predicted molar refractivity (Wildman–Crippen MR) is 74.9 cm³/mol. The molecule has 0 aliphatic heterocycles. The second-order valence-corrected chi connectivity index (χ2v) is 4.66. The zero-order valence-corrected chi connectivity index (χ0v) is 11.7. The standard InChI is InChI=1S/C14H15ClFN3/c1-3-12-13(15)17-9-18-14(12)19(2)8-10-5-4-6-11(16)7-10/h4-7,9H,3,8H2,1-2H3. The molecule has 2 rings (SSSR count). The Bertz CT molecular complexity index is 574. The third-order valence-corrected chi connectivity index (χ3v) is 3.22. The van der Waals surface area contributed by atoms with Crippen molar-refractivity contribution in [3.63, 3.8) is 0 Å². The van der Waals surface area contributed by atoms with Crippen LogP contribution in [0.1, 0.15) is 18.1 Å². The number of benzene rings is 1. The van der Waals surface area contributed by atoms with E-state index in [1.807, 2.05) is 24.9 Å². The molecule has 0 aliphatic rings. The molecule has 0 atom stereocenters. The molecular formula is C14H15ClFN3. The van der Waals surface area contributed by atoms with Gasteiger partial charge in [-0.05, 0) is 24.1 Å². The number of hydrogen-bond acceptors (Lipinski definition) is 3. The molecule has 1 aromatic heterocycles. The highest BCUT2D eigenvalue weighted by Crippen LogP contribution is 2.24. The Hall–Kier alpha value is -1.68. The molecule has 100 valence electrons. The summed E-state index contributed by atoms with van der Waals surface area (Å²) in [4.78, 5) is 10.2. The van der Waals surface area contributed by atoms with Crippen molar-refractivity contribution in [3.8, 4) is 0 Å². The fraction of sp³-hybridized carbons (Fsp3) is 0.286. The van der Waals surface area contributed by atoms with Crippen molar-refractivity contribution in [2.24, 2.45) is 0 Å². The molecule has 0 fully saturated rings. The van der Waals surface area contributed by atoms with Gasteiger partial charge in [-0.1, -0.05) is 30.7 Å². The predicted octanol–water partition coefficient (Wildman–Crippen LogP) is 3.47. The second-order valence-electron chi connectivity index (χ2n) is 4.31. The molecular weight excluding hydrogens is 265 g/mol. The highest BCUT2D eigenvalue weighted by Gasteiger charge is 2.12. The summed E-state index contributed by atoms with van der Waals surface area (Å²) in [5.41, 5.74) is 1.79. The lowest BCUT2D eigenvalue weighted by atomic mass is 10.2. The first-order valence-corrected chi connectivity index (χ1v) is 6.44. The molecule has 0 aliphatic carbocycles. The quantitative estimate of drug-likeness (QED) is 0.803. The van der Waals surface area contributed by atoms with Crippen LogP contribution < -0.4 is 4.90 Å². The number of anilines is 1. The SMILES string of the molecule is CCc1c(Cl)ncnc1N(C)Cc1cccc(F)c1. The second kappa shape index (κ2) is 5.97. The maximum absolute atomic E-state index is 13.2. The summed E-state index contributed by atoms with van der Waals surface area (Å²) in [5, 5.41) is 0.471. The minimum absolute atomic E-state index is 0.234. The molecule has 1 aromatic carbocycles. The summed E-state index contributed by atoms with van der Waals surface area (Å²) in [6.07, 6.45) is 2.20. The smallest absolute Gasteiger partial charge is 0.137 e. The van der Waals surface area contributed by atoms with Gasteiger partial charge in [0.25, 0.3) is 0 Å². The summed E-state index contributed by atoms with van der Waals surface area (Å²) in [7, 11) is 1.91. The molecule has 1 heterocycles. The molecule has 0 saturated heterocycles. The summed E-state index contributed by atoms with van der Waals surface area (Å²) >= 11 is 6.06. The van der Waals surface area contributed by atoms with Crippen molar-refractivity contribution in [2.75, 3.05) is 11.9 Å². The van der Waals surface area contributed by atoms with E-state index >= 15 is 0 Å². The minimum atomic E-state index is -0.234. The maximum atomic E-state index is 13.2. The van der Waals surface area contributed by atoms with E-state index in [1.165, 1.54) is 18.5 Å². The van der Waals surface area contributed by atoms with Crippen molar-refractivity contribution in [1.29, 1.82) is 0 Å². The molecule has 2 aromatic rings. The van der Waals surface area contributed by atoms with Gasteiger partial charge in [0.1, 0.15) is 23.1 Å².